The summed E-state index contributed by atoms with van der Waals surface area (Å²) < 4.78 is 9.47. The molecule has 0 saturated heterocycles. The molecule has 1 N–H and O–H groups in total. The van der Waals surface area contributed by atoms with Gasteiger partial charge in [0.25, 0.3) is 0 Å². The number of hydrogen-bond acceptors (Lipinski definition) is 4. The fourth-order valence-corrected chi connectivity index (χ4v) is 0.657. The molecule has 0 aromatic heterocycles. The molecule has 0 unspecified atom stereocenters. The van der Waals surface area contributed by atoms with Crippen LogP contribution in [-0.2, 0) is 14.3 Å². The minimum absolute atomic E-state index is 0.113. The average Bonchev–Trinajstić information content (AvgIpc) is 2.21. The number of carbonyl (C=O) groups is 2. The second-order valence-corrected chi connectivity index (χ2v) is 3.29. The Bertz CT molecular complexity index is 225. The van der Waals surface area contributed by atoms with Crippen LogP contribution < -0.4 is 5.32 Å². The average molecular weight is 215 g/mol. The van der Waals surface area contributed by atoms with Crippen molar-refractivity contribution in [2.45, 2.75) is 13.8 Å². The number of esters is 1. The van der Waals surface area contributed by atoms with E-state index in [9.17, 15) is 9.59 Å². The van der Waals surface area contributed by atoms with Gasteiger partial charge < -0.3 is 14.8 Å². The third kappa shape index (κ3) is 8.80. The summed E-state index contributed by atoms with van der Waals surface area (Å²) in [4.78, 5) is 21.6. The molecule has 0 spiro atoms. The molecular formula is C10H17NO4. The molecule has 1 amide bonds. The van der Waals surface area contributed by atoms with Crippen molar-refractivity contribution in [1.82, 2.24) is 5.32 Å². The molecule has 0 saturated carbocycles. The first-order chi connectivity index (χ1) is 7.06. The maximum atomic E-state index is 11.0. The summed E-state index contributed by atoms with van der Waals surface area (Å²) in [5, 5.41) is 2.44. The highest BCUT2D eigenvalue weighted by atomic mass is 16.6. The molecule has 0 rings (SSSR count). The fraction of sp³-hybridized carbons (Fsp3) is 0.600. The van der Waals surface area contributed by atoms with Gasteiger partial charge in [-0.15, -0.1) is 0 Å². The molecule has 0 aliphatic carbocycles. The maximum absolute atomic E-state index is 11.0. The Morgan fingerprint density at radius 3 is 2.60 bits per heavy atom. The molecule has 86 valence electrons. The van der Waals surface area contributed by atoms with Gasteiger partial charge in [0.2, 0.25) is 0 Å². The number of rotatable bonds is 6. The van der Waals surface area contributed by atoms with E-state index in [1.807, 2.05) is 13.8 Å². The largest absolute Gasteiger partial charge is 0.461 e. The van der Waals surface area contributed by atoms with Crippen molar-refractivity contribution in [3.05, 3.63) is 12.7 Å². The number of alkyl carbamates (subject to hydrolysis) is 1. The predicted octanol–water partition coefficient (Wildman–Crippen LogP) is 1.10. The van der Waals surface area contributed by atoms with Gasteiger partial charge in [-0.1, -0.05) is 20.4 Å². The van der Waals surface area contributed by atoms with Crippen LogP contribution in [0.2, 0.25) is 0 Å². The van der Waals surface area contributed by atoms with Crippen LogP contribution >= 0.6 is 0 Å². The molecular weight excluding hydrogens is 198 g/mol. The van der Waals surface area contributed by atoms with Crippen molar-refractivity contribution in [2.24, 2.45) is 5.92 Å². The second kappa shape index (κ2) is 7.84. The van der Waals surface area contributed by atoms with E-state index in [0.717, 1.165) is 6.08 Å². The lowest BCUT2D eigenvalue weighted by atomic mass is 10.2. The number of ether oxygens (including phenoxy) is 2. The minimum atomic E-state index is -0.507. The highest BCUT2D eigenvalue weighted by Gasteiger charge is 2.03. The molecule has 5 nitrogen and oxygen atoms in total. The monoisotopic (exact) mass is 215 g/mol. The Hall–Kier alpha value is -1.52. The third-order valence-electron chi connectivity index (χ3n) is 1.33. The van der Waals surface area contributed by atoms with Crippen molar-refractivity contribution >= 4 is 12.1 Å². The summed E-state index contributed by atoms with van der Waals surface area (Å²) in [6, 6.07) is 0. The summed E-state index contributed by atoms with van der Waals surface area (Å²) in [6.45, 7) is 7.84. The molecule has 0 radical (unpaired) electrons. The number of carbonyl (C=O) groups excluding carboxylic acids is 2. The van der Waals surface area contributed by atoms with Crippen LogP contribution in [0.25, 0.3) is 0 Å². The van der Waals surface area contributed by atoms with E-state index >= 15 is 0 Å². The highest BCUT2D eigenvalue weighted by Crippen LogP contribution is 1.92. The van der Waals surface area contributed by atoms with E-state index in [-0.39, 0.29) is 13.2 Å². The standard InChI is InChI=1S/C10H17NO4/c1-4-9(12)14-6-5-11-10(13)15-7-8(2)3/h4,8H,1,5-7H2,2-3H3,(H,11,13). The Morgan fingerprint density at radius 2 is 2.07 bits per heavy atom. The van der Waals surface area contributed by atoms with Crippen molar-refractivity contribution in [3.8, 4) is 0 Å². The van der Waals surface area contributed by atoms with E-state index in [1.54, 1.807) is 0 Å². The lowest BCUT2D eigenvalue weighted by Crippen LogP contribution is -2.29. The smallest absolute Gasteiger partial charge is 0.407 e. The summed E-state index contributed by atoms with van der Waals surface area (Å²) >= 11 is 0. The van der Waals surface area contributed by atoms with Crippen LogP contribution in [0.5, 0.6) is 0 Å². The van der Waals surface area contributed by atoms with Crippen LogP contribution in [0.3, 0.4) is 0 Å². The van der Waals surface area contributed by atoms with Crippen LogP contribution in [0, 0.1) is 5.92 Å². The Morgan fingerprint density at radius 1 is 1.40 bits per heavy atom. The first-order valence-electron chi connectivity index (χ1n) is 4.76. The first kappa shape index (κ1) is 13.5. The van der Waals surface area contributed by atoms with Gasteiger partial charge in [0.1, 0.15) is 6.61 Å². The zero-order valence-electron chi connectivity index (χ0n) is 9.12. The van der Waals surface area contributed by atoms with Gasteiger partial charge in [-0.3, -0.25) is 0 Å². The van der Waals surface area contributed by atoms with Crippen molar-refractivity contribution in [3.63, 3.8) is 0 Å². The van der Waals surface area contributed by atoms with E-state index < -0.39 is 12.1 Å². The first-order valence-corrected chi connectivity index (χ1v) is 4.76. The van der Waals surface area contributed by atoms with Crippen molar-refractivity contribution < 1.29 is 19.1 Å². The highest BCUT2D eigenvalue weighted by molar-refractivity contribution is 5.81. The van der Waals surface area contributed by atoms with Crippen molar-refractivity contribution in [2.75, 3.05) is 19.8 Å². The molecule has 0 aromatic carbocycles. The van der Waals surface area contributed by atoms with Crippen LogP contribution in [0.1, 0.15) is 13.8 Å². The van der Waals surface area contributed by atoms with E-state index in [1.165, 1.54) is 0 Å². The Balaban J connectivity index is 3.39. The quantitative estimate of drug-likeness (QED) is 0.409. The van der Waals surface area contributed by atoms with Gasteiger partial charge in [0.05, 0.1) is 13.2 Å². The lowest BCUT2D eigenvalue weighted by molar-refractivity contribution is -0.137. The molecule has 0 fully saturated rings. The summed E-state index contributed by atoms with van der Waals surface area (Å²) in [6.07, 6.45) is 0.565. The summed E-state index contributed by atoms with van der Waals surface area (Å²) in [5.41, 5.74) is 0. The molecule has 0 aromatic rings. The summed E-state index contributed by atoms with van der Waals surface area (Å²) in [5.74, 6) is -0.207. The van der Waals surface area contributed by atoms with Gasteiger partial charge in [0.15, 0.2) is 0 Å². The van der Waals surface area contributed by atoms with Gasteiger partial charge in [-0.05, 0) is 5.92 Å². The Labute approximate surface area is 89.4 Å². The van der Waals surface area contributed by atoms with Crippen LogP contribution in [0.4, 0.5) is 4.79 Å². The number of amides is 1. The molecule has 0 aliphatic rings. The van der Waals surface area contributed by atoms with E-state index in [4.69, 9.17) is 4.74 Å². The molecule has 0 atom stereocenters. The number of hydrogen-bond donors (Lipinski definition) is 1. The van der Waals surface area contributed by atoms with Gasteiger partial charge in [-0.25, -0.2) is 9.59 Å². The maximum Gasteiger partial charge on any atom is 0.407 e. The molecule has 15 heavy (non-hydrogen) atoms. The second-order valence-electron chi connectivity index (χ2n) is 3.29. The van der Waals surface area contributed by atoms with Gasteiger partial charge in [0, 0.05) is 6.08 Å². The van der Waals surface area contributed by atoms with E-state index in [2.05, 4.69) is 16.6 Å². The van der Waals surface area contributed by atoms with Gasteiger partial charge in [-0.2, -0.15) is 0 Å². The lowest BCUT2D eigenvalue weighted by Gasteiger charge is -2.08. The molecule has 0 heterocycles. The normalized spacial score (nSPS) is 9.53. The third-order valence-corrected chi connectivity index (χ3v) is 1.33. The summed E-state index contributed by atoms with van der Waals surface area (Å²) in [7, 11) is 0. The zero-order chi connectivity index (χ0) is 11.7. The zero-order valence-corrected chi connectivity index (χ0v) is 9.12. The van der Waals surface area contributed by atoms with Crippen LogP contribution in [-0.4, -0.2) is 31.8 Å². The molecule has 0 aliphatic heterocycles. The fourth-order valence-electron chi connectivity index (χ4n) is 0.657. The predicted molar refractivity (Wildman–Crippen MR) is 55.3 cm³/mol. The minimum Gasteiger partial charge on any atom is -0.461 e. The number of nitrogens with one attached hydrogen (secondary N) is 1. The molecule has 0 bridgehead atoms. The van der Waals surface area contributed by atoms with Crippen LogP contribution in [0.15, 0.2) is 12.7 Å². The van der Waals surface area contributed by atoms with Crippen molar-refractivity contribution in [1.29, 1.82) is 0 Å². The molecule has 5 heteroatoms. The SMILES string of the molecule is C=CC(=O)OCCNC(=O)OCC(C)C. The van der Waals surface area contributed by atoms with Gasteiger partial charge >= 0.3 is 12.1 Å². The Kier molecular flexibility index (Phi) is 7.05. The topological polar surface area (TPSA) is 64.6 Å². The van der Waals surface area contributed by atoms with E-state index in [0.29, 0.717) is 12.5 Å².